The Labute approximate surface area is 201 Å². The predicted molar refractivity (Wildman–Crippen MR) is 142 cm³/mol. The lowest BCUT2D eigenvalue weighted by atomic mass is 10.0. The molecular formula is C33H36. The van der Waals surface area contributed by atoms with Gasteiger partial charge < -0.3 is 0 Å². The Balaban J connectivity index is 1.52. The van der Waals surface area contributed by atoms with Gasteiger partial charge >= 0.3 is 0 Å². The van der Waals surface area contributed by atoms with Crippen molar-refractivity contribution in [2.75, 3.05) is 0 Å². The molecule has 0 bridgehead atoms. The molecule has 0 aliphatic carbocycles. The Morgan fingerprint density at radius 3 is 1.12 bits per heavy atom. The van der Waals surface area contributed by atoms with E-state index in [-0.39, 0.29) is 0 Å². The number of hydrogen-bond acceptors (Lipinski definition) is 0. The van der Waals surface area contributed by atoms with Gasteiger partial charge in [-0.25, -0.2) is 0 Å². The van der Waals surface area contributed by atoms with Crippen LogP contribution in [0.1, 0.15) is 92.2 Å². The van der Waals surface area contributed by atoms with Gasteiger partial charge in [-0.1, -0.05) is 93.9 Å². The third kappa shape index (κ3) is 9.04. The minimum absolute atomic E-state index is 1.01. The second-order valence-electron chi connectivity index (χ2n) is 8.74. The Morgan fingerprint density at radius 2 is 0.727 bits per heavy atom. The molecule has 0 heteroatoms. The highest BCUT2D eigenvalue weighted by Crippen LogP contribution is 2.11. The third-order valence-corrected chi connectivity index (χ3v) is 5.88. The maximum Gasteiger partial charge on any atom is 0.0249 e. The summed E-state index contributed by atoms with van der Waals surface area (Å²) in [5.74, 6) is 13.1. The molecule has 0 spiro atoms. The quantitative estimate of drug-likeness (QED) is 0.235. The smallest absolute Gasteiger partial charge is 0.0249 e. The summed E-state index contributed by atoms with van der Waals surface area (Å²) in [4.78, 5) is 0. The van der Waals surface area contributed by atoms with E-state index in [4.69, 9.17) is 0 Å². The minimum atomic E-state index is 1.01. The lowest BCUT2D eigenvalue weighted by Crippen LogP contribution is -1.86. The van der Waals surface area contributed by atoms with Crippen molar-refractivity contribution in [3.8, 4) is 23.7 Å². The van der Waals surface area contributed by atoms with Crippen LogP contribution in [-0.2, 0) is 12.8 Å². The van der Waals surface area contributed by atoms with Crippen molar-refractivity contribution in [1.29, 1.82) is 0 Å². The molecule has 0 N–H and O–H groups in total. The van der Waals surface area contributed by atoms with Crippen LogP contribution < -0.4 is 0 Å². The van der Waals surface area contributed by atoms with E-state index in [1.807, 2.05) is 12.1 Å². The molecule has 0 heterocycles. The molecule has 0 atom stereocenters. The van der Waals surface area contributed by atoms with Crippen molar-refractivity contribution < 1.29 is 0 Å². The summed E-state index contributed by atoms with van der Waals surface area (Å²) in [5, 5.41) is 0. The van der Waals surface area contributed by atoms with Crippen LogP contribution in [0.3, 0.4) is 0 Å². The lowest BCUT2D eigenvalue weighted by molar-refractivity contribution is 0.632. The Kier molecular flexibility index (Phi) is 10.4. The fourth-order valence-corrected chi connectivity index (χ4v) is 3.75. The van der Waals surface area contributed by atoms with Crippen molar-refractivity contribution in [3.05, 3.63) is 106 Å². The second-order valence-corrected chi connectivity index (χ2v) is 8.74. The van der Waals surface area contributed by atoms with E-state index in [1.54, 1.807) is 0 Å². The summed E-state index contributed by atoms with van der Waals surface area (Å²) < 4.78 is 0. The summed E-state index contributed by atoms with van der Waals surface area (Å²) in [7, 11) is 0. The molecule has 0 fully saturated rings. The van der Waals surface area contributed by atoms with Crippen LogP contribution in [0, 0.1) is 23.7 Å². The number of hydrogen-bond donors (Lipinski definition) is 0. The van der Waals surface area contributed by atoms with Gasteiger partial charge in [-0.3, -0.25) is 0 Å². The SMILES string of the molecule is CCCCCCCc1ccc(C#Cc2ccc(C#Cc3ccc(CCCC)cc3)cc2)cc1. The van der Waals surface area contributed by atoms with Crippen molar-refractivity contribution >= 4 is 0 Å². The van der Waals surface area contributed by atoms with Gasteiger partial charge in [0.25, 0.3) is 0 Å². The molecule has 3 aromatic rings. The third-order valence-electron chi connectivity index (χ3n) is 5.88. The highest BCUT2D eigenvalue weighted by molar-refractivity contribution is 5.48. The van der Waals surface area contributed by atoms with E-state index >= 15 is 0 Å². The first-order valence-electron chi connectivity index (χ1n) is 12.6. The number of unbranched alkanes of at least 4 members (excludes halogenated alkanes) is 5. The van der Waals surface area contributed by atoms with Crippen LogP contribution in [0.25, 0.3) is 0 Å². The highest BCUT2D eigenvalue weighted by atomic mass is 14.0. The van der Waals surface area contributed by atoms with Crippen LogP contribution in [0.15, 0.2) is 72.8 Å². The minimum Gasteiger partial charge on any atom is -0.0654 e. The molecule has 0 saturated heterocycles. The number of benzene rings is 3. The Morgan fingerprint density at radius 1 is 0.394 bits per heavy atom. The highest BCUT2D eigenvalue weighted by Gasteiger charge is 1.96. The topological polar surface area (TPSA) is 0 Å². The van der Waals surface area contributed by atoms with E-state index in [1.165, 1.54) is 62.5 Å². The first-order chi connectivity index (χ1) is 16.3. The molecule has 0 aliphatic heterocycles. The van der Waals surface area contributed by atoms with Crippen LogP contribution in [0.5, 0.6) is 0 Å². The van der Waals surface area contributed by atoms with Crippen LogP contribution in [-0.4, -0.2) is 0 Å². The largest absolute Gasteiger partial charge is 0.0654 e. The zero-order chi connectivity index (χ0) is 23.1. The first-order valence-corrected chi connectivity index (χ1v) is 12.6. The fraction of sp³-hybridized carbons (Fsp3) is 0.333. The molecule has 168 valence electrons. The molecule has 0 aromatic heterocycles. The Hall–Kier alpha value is -3.22. The van der Waals surface area contributed by atoms with E-state index in [0.29, 0.717) is 0 Å². The summed E-state index contributed by atoms with van der Waals surface area (Å²) in [5.41, 5.74) is 6.96. The molecule has 0 unspecified atom stereocenters. The normalized spacial score (nSPS) is 10.1. The van der Waals surface area contributed by atoms with Gasteiger partial charge in [0, 0.05) is 22.3 Å². The molecular weight excluding hydrogens is 396 g/mol. The molecule has 3 aromatic carbocycles. The van der Waals surface area contributed by atoms with Gasteiger partial charge in [0.2, 0.25) is 0 Å². The number of aryl methyl sites for hydroxylation is 2. The van der Waals surface area contributed by atoms with Crippen LogP contribution in [0.4, 0.5) is 0 Å². The summed E-state index contributed by atoms with van der Waals surface area (Å²) in [6.07, 6.45) is 11.4. The van der Waals surface area contributed by atoms with E-state index < -0.39 is 0 Å². The van der Waals surface area contributed by atoms with Crippen LogP contribution >= 0.6 is 0 Å². The van der Waals surface area contributed by atoms with Crippen molar-refractivity contribution in [2.45, 2.75) is 71.6 Å². The Bertz CT molecular complexity index is 1080. The predicted octanol–water partition coefficient (Wildman–Crippen LogP) is 8.34. The molecule has 0 aliphatic rings. The van der Waals surface area contributed by atoms with Gasteiger partial charge in [0.1, 0.15) is 0 Å². The van der Waals surface area contributed by atoms with Gasteiger partial charge in [0.05, 0.1) is 0 Å². The monoisotopic (exact) mass is 432 g/mol. The summed E-state index contributed by atoms with van der Waals surface area (Å²) in [6.45, 7) is 4.49. The van der Waals surface area contributed by atoms with E-state index in [2.05, 4.69) is 98.2 Å². The summed E-state index contributed by atoms with van der Waals surface area (Å²) in [6, 6.07) is 25.6. The van der Waals surface area contributed by atoms with Gasteiger partial charge in [-0.2, -0.15) is 0 Å². The van der Waals surface area contributed by atoms with Crippen LogP contribution in [0.2, 0.25) is 0 Å². The summed E-state index contributed by atoms with van der Waals surface area (Å²) >= 11 is 0. The van der Waals surface area contributed by atoms with E-state index in [9.17, 15) is 0 Å². The maximum absolute atomic E-state index is 3.28. The number of rotatable bonds is 9. The second kappa shape index (κ2) is 14.0. The van der Waals surface area contributed by atoms with Gasteiger partial charge in [-0.15, -0.1) is 0 Å². The lowest BCUT2D eigenvalue weighted by Gasteiger charge is -2.01. The molecule has 3 rings (SSSR count). The van der Waals surface area contributed by atoms with Crippen molar-refractivity contribution in [2.24, 2.45) is 0 Å². The van der Waals surface area contributed by atoms with E-state index in [0.717, 1.165) is 28.7 Å². The van der Waals surface area contributed by atoms with Gasteiger partial charge in [-0.05, 0) is 85.3 Å². The zero-order valence-electron chi connectivity index (χ0n) is 20.3. The average molecular weight is 433 g/mol. The maximum atomic E-state index is 3.28. The molecule has 0 saturated carbocycles. The van der Waals surface area contributed by atoms with Crippen molar-refractivity contribution in [3.63, 3.8) is 0 Å². The average Bonchev–Trinajstić information content (AvgIpc) is 2.87. The molecule has 33 heavy (non-hydrogen) atoms. The first kappa shape index (κ1) is 24.4. The van der Waals surface area contributed by atoms with Crippen molar-refractivity contribution in [1.82, 2.24) is 0 Å². The molecule has 0 amide bonds. The van der Waals surface area contributed by atoms with Gasteiger partial charge in [0.15, 0.2) is 0 Å². The molecule has 0 nitrogen and oxygen atoms in total. The molecule has 0 radical (unpaired) electrons. The standard InChI is InChI=1S/C33H36/c1-3-5-7-8-9-11-29-14-18-31(19-15-29)21-23-33-26-24-32(25-27-33)22-20-30-16-12-28(13-17-30)10-6-4-2/h12-19,24-27H,3-11H2,1-2H3. The fourth-order valence-electron chi connectivity index (χ4n) is 3.75. The zero-order valence-corrected chi connectivity index (χ0v) is 20.3.